The first-order valence-corrected chi connectivity index (χ1v) is 8.46. The molecule has 1 N–H and O–H groups in total. The molecule has 0 aliphatic carbocycles. The van der Waals surface area contributed by atoms with E-state index in [1.165, 1.54) is 15.4 Å². The molecule has 1 aliphatic rings. The van der Waals surface area contributed by atoms with Crippen LogP contribution in [0.4, 0.5) is 5.13 Å². The molecule has 0 radical (unpaired) electrons. The minimum absolute atomic E-state index is 0.541. The van der Waals surface area contributed by atoms with E-state index in [1.807, 2.05) is 13.2 Å². The second-order valence-corrected chi connectivity index (χ2v) is 7.36. The lowest BCUT2D eigenvalue weighted by molar-refractivity contribution is 0.388. The van der Waals surface area contributed by atoms with Crippen molar-refractivity contribution in [2.75, 3.05) is 44.4 Å². The van der Waals surface area contributed by atoms with Crippen LogP contribution >= 0.6 is 11.3 Å². The monoisotopic (exact) mass is 290 g/mol. The van der Waals surface area contributed by atoms with Crippen LogP contribution in [-0.4, -0.2) is 57.2 Å². The van der Waals surface area contributed by atoms with Gasteiger partial charge in [-0.05, 0) is 7.05 Å². The lowest BCUT2D eigenvalue weighted by atomic mass is 10.4. The first kappa shape index (κ1) is 13.7. The van der Waals surface area contributed by atoms with Crippen molar-refractivity contribution in [1.82, 2.24) is 14.6 Å². The van der Waals surface area contributed by atoms with Gasteiger partial charge in [0.1, 0.15) is 0 Å². The molecule has 0 unspecified atom stereocenters. The summed E-state index contributed by atoms with van der Waals surface area (Å²) in [5, 5.41) is 4.07. The van der Waals surface area contributed by atoms with Crippen LogP contribution in [0.5, 0.6) is 0 Å². The first-order chi connectivity index (χ1) is 8.50. The molecule has 0 aromatic carbocycles. The summed E-state index contributed by atoms with van der Waals surface area (Å²) in [5.74, 6) is 0. The SMILES string of the molecule is CNCc1cnc(N2CCN(S(C)(=O)=O)CC2)s1. The van der Waals surface area contributed by atoms with Crippen LogP contribution in [0.15, 0.2) is 6.20 Å². The molecule has 0 bridgehead atoms. The molecular weight excluding hydrogens is 272 g/mol. The predicted octanol–water partition coefficient (Wildman–Crippen LogP) is -0.0559. The van der Waals surface area contributed by atoms with Crippen molar-refractivity contribution in [2.45, 2.75) is 6.54 Å². The zero-order valence-corrected chi connectivity index (χ0v) is 12.2. The van der Waals surface area contributed by atoms with Gasteiger partial charge in [-0.2, -0.15) is 4.31 Å². The molecule has 6 nitrogen and oxygen atoms in total. The number of hydrogen-bond acceptors (Lipinski definition) is 6. The van der Waals surface area contributed by atoms with Gasteiger partial charge >= 0.3 is 0 Å². The fourth-order valence-corrected chi connectivity index (χ4v) is 3.71. The van der Waals surface area contributed by atoms with Crippen LogP contribution in [0, 0.1) is 0 Å². The fraction of sp³-hybridized carbons (Fsp3) is 0.700. The van der Waals surface area contributed by atoms with Crippen molar-refractivity contribution < 1.29 is 8.42 Å². The number of anilines is 1. The normalized spacial score (nSPS) is 18.2. The summed E-state index contributed by atoms with van der Waals surface area (Å²) in [6, 6.07) is 0. The Labute approximate surface area is 112 Å². The van der Waals surface area contributed by atoms with E-state index < -0.39 is 10.0 Å². The average Bonchev–Trinajstić information content (AvgIpc) is 2.77. The Kier molecular flexibility index (Phi) is 4.21. The number of sulfonamides is 1. The number of nitrogens with one attached hydrogen (secondary N) is 1. The van der Waals surface area contributed by atoms with E-state index in [1.54, 1.807) is 11.3 Å². The number of nitrogens with zero attached hydrogens (tertiary/aromatic N) is 3. The molecule has 1 fully saturated rings. The summed E-state index contributed by atoms with van der Waals surface area (Å²) in [6.07, 6.45) is 3.14. The summed E-state index contributed by atoms with van der Waals surface area (Å²) < 4.78 is 24.3. The van der Waals surface area contributed by atoms with E-state index >= 15 is 0 Å². The predicted molar refractivity (Wildman–Crippen MR) is 73.5 cm³/mol. The largest absolute Gasteiger partial charge is 0.345 e. The molecule has 1 aromatic rings. The highest BCUT2D eigenvalue weighted by Crippen LogP contribution is 2.23. The second kappa shape index (κ2) is 5.52. The van der Waals surface area contributed by atoms with Gasteiger partial charge in [0.2, 0.25) is 10.0 Å². The van der Waals surface area contributed by atoms with Crippen LogP contribution in [0.2, 0.25) is 0 Å². The Morgan fingerprint density at radius 1 is 1.39 bits per heavy atom. The van der Waals surface area contributed by atoms with Gasteiger partial charge < -0.3 is 10.2 Å². The Bertz CT molecular complexity index is 492. The van der Waals surface area contributed by atoms with Gasteiger partial charge in [-0.25, -0.2) is 13.4 Å². The van der Waals surface area contributed by atoms with Gasteiger partial charge in [0.05, 0.1) is 6.26 Å². The maximum absolute atomic E-state index is 11.4. The van der Waals surface area contributed by atoms with Crippen LogP contribution in [-0.2, 0) is 16.6 Å². The molecule has 0 amide bonds. The molecule has 1 aromatic heterocycles. The van der Waals surface area contributed by atoms with Crippen molar-refractivity contribution >= 4 is 26.5 Å². The third kappa shape index (κ3) is 3.19. The van der Waals surface area contributed by atoms with Gasteiger partial charge in [0, 0.05) is 43.8 Å². The Morgan fingerprint density at radius 2 is 2.06 bits per heavy atom. The molecule has 0 saturated carbocycles. The fourth-order valence-electron chi connectivity index (χ4n) is 1.91. The van der Waals surface area contributed by atoms with Gasteiger partial charge in [0.15, 0.2) is 5.13 Å². The van der Waals surface area contributed by atoms with Crippen molar-refractivity contribution in [3.05, 3.63) is 11.1 Å². The highest BCUT2D eigenvalue weighted by atomic mass is 32.2. The zero-order chi connectivity index (χ0) is 13.2. The molecule has 1 saturated heterocycles. The lowest BCUT2D eigenvalue weighted by Crippen LogP contribution is -2.48. The topological polar surface area (TPSA) is 65.5 Å². The molecule has 102 valence electrons. The highest BCUT2D eigenvalue weighted by Gasteiger charge is 2.24. The molecule has 1 aliphatic heterocycles. The standard InChI is InChI=1S/C10H18N4O2S2/c1-11-7-9-8-12-10(17-9)13-3-5-14(6-4-13)18(2,15)16/h8,11H,3-7H2,1-2H3. The van der Waals surface area contributed by atoms with Crippen LogP contribution in [0.25, 0.3) is 0 Å². The summed E-state index contributed by atoms with van der Waals surface area (Å²) >= 11 is 1.66. The minimum atomic E-state index is -3.06. The van der Waals surface area contributed by atoms with Crippen LogP contribution < -0.4 is 10.2 Å². The number of hydrogen-bond donors (Lipinski definition) is 1. The lowest BCUT2D eigenvalue weighted by Gasteiger charge is -2.32. The van der Waals surface area contributed by atoms with E-state index in [2.05, 4.69) is 15.2 Å². The molecular formula is C10H18N4O2S2. The zero-order valence-electron chi connectivity index (χ0n) is 10.6. The number of rotatable bonds is 4. The molecule has 2 heterocycles. The quantitative estimate of drug-likeness (QED) is 0.842. The third-order valence-corrected chi connectivity index (χ3v) is 5.23. The van der Waals surface area contributed by atoms with Crippen molar-refractivity contribution in [1.29, 1.82) is 0 Å². The van der Waals surface area contributed by atoms with E-state index in [0.717, 1.165) is 11.7 Å². The molecule has 0 spiro atoms. The number of piperazine rings is 1. The van der Waals surface area contributed by atoms with Gasteiger partial charge in [-0.3, -0.25) is 0 Å². The maximum atomic E-state index is 11.4. The summed E-state index contributed by atoms with van der Waals surface area (Å²) in [4.78, 5) is 7.72. The average molecular weight is 290 g/mol. The van der Waals surface area contributed by atoms with Gasteiger partial charge in [-0.15, -0.1) is 11.3 Å². The molecule has 18 heavy (non-hydrogen) atoms. The minimum Gasteiger partial charge on any atom is -0.345 e. The summed E-state index contributed by atoms with van der Waals surface area (Å²) in [6.45, 7) is 3.32. The summed E-state index contributed by atoms with van der Waals surface area (Å²) in [5.41, 5.74) is 0. The maximum Gasteiger partial charge on any atom is 0.211 e. The first-order valence-electron chi connectivity index (χ1n) is 5.80. The summed E-state index contributed by atoms with van der Waals surface area (Å²) in [7, 11) is -1.15. The van der Waals surface area contributed by atoms with E-state index in [4.69, 9.17) is 0 Å². The molecule has 0 atom stereocenters. The van der Waals surface area contributed by atoms with Crippen molar-refractivity contribution in [3.8, 4) is 0 Å². The van der Waals surface area contributed by atoms with Crippen LogP contribution in [0.3, 0.4) is 0 Å². The van der Waals surface area contributed by atoms with Crippen molar-refractivity contribution in [2.24, 2.45) is 0 Å². The molecule has 2 rings (SSSR count). The van der Waals surface area contributed by atoms with E-state index in [-0.39, 0.29) is 0 Å². The number of thiazole rings is 1. The smallest absolute Gasteiger partial charge is 0.211 e. The van der Waals surface area contributed by atoms with E-state index in [9.17, 15) is 8.42 Å². The Balaban J connectivity index is 1.96. The van der Waals surface area contributed by atoms with E-state index in [0.29, 0.717) is 26.2 Å². The molecule has 8 heteroatoms. The highest BCUT2D eigenvalue weighted by molar-refractivity contribution is 7.88. The van der Waals surface area contributed by atoms with Crippen LogP contribution in [0.1, 0.15) is 4.88 Å². The van der Waals surface area contributed by atoms with Crippen molar-refractivity contribution in [3.63, 3.8) is 0 Å². The second-order valence-electron chi connectivity index (χ2n) is 4.29. The van der Waals surface area contributed by atoms with Gasteiger partial charge in [0.25, 0.3) is 0 Å². The Morgan fingerprint density at radius 3 is 2.61 bits per heavy atom. The number of aromatic nitrogens is 1. The third-order valence-electron chi connectivity index (χ3n) is 2.87. The Hall–Kier alpha value is -0.700. The van der Waals surface area contributed by atoms with Gasteiger partial charge in [-0.1, -0.05) is 0 Å².